The van der Waals surface area contributed by atoms with Crippen molar-refractivity contribution in [3.05, 3.63) is 64.7 Å². The molecule has 0 saturated heterocycles. The fourth-order valence-electron chi connectivity index (χ4n) is 2.24. The van der Waals surface area contributed by atoms with Gasteiger partial charge in [-0.05, 0) is 57.2 Å². The van der Waals surface area contributed by atoms with Crippen molar-refractivity contribution in [1.82, 2.24) is 10.4 Å². The lowest BCUT2D eigenvalue weighted by molar-refractivity contribution is 0.0357. The van der Waals surface area contributed by atoms with E-state index in [0.29, 0.717) is 21.9 Å². The number of hydrogen-bond acceptors (Lipinski definition) is 3. The number of amides is 2. The molecule has 0 radical (unpaired) electrons. The Morgan fingerprint density at radius 3 is 2.20 bits per heavy atom. The number of rotatable bonds is 3. The predicted octanol–water partition coefficient (Wildman–Crippen LogP) is 3.93. The summed E-state index contributed by atoms with van der Waals surface area (Å²) in [6.45, 7) is 5.51. The van der Waals surface area contributed by atoms with Gasteiger partial charge in [-0.1, -0.05) is 23.7 Å². The van der Waals surface area contributed by atoms with Crippen LogP contribution in [0.25, 0.3) is 0 Å². The second-order valence-corrected chi connectivity index (χ2v) is 6.90. The summed E-state index contributed by atoms with van der Waals surface area (Å²) in [6, 6.07) is 13.4. The lowest BCUT2D eigenvalue weighted by Crippen LogP contribution is -2.55. The lowest BCUT2D eigenvalue weighted by Gasteiger charge is -2.35. The summed E-state index contributed by atoms with van der Waals surface area (Å²) in [5.74, 6) is -0.310. The van der Waals surface area contributed by atoms with Crippen LogP contribution in [0, 0.1) is 0 Å². The van der Waals surface area contributed by atoms with Gasteiger partial charge in [0.2, 0.25) is 0 Å². The first-order valence-corrected chi connectivity index (χ1v) is 8.16. The van der Waals surface area contributed by atoms with Crippen molar-refractivity contribution in [3.8, 4) is 5.75 Å². The molecule has 6 heteroatoms. The number of hydrazine groups is 1. The maximum Gasteiger partial charge on any atom is 0.273 e. The summed E-state index contributed by atoms with van der Waals surface area (Å²) < 4.78 is 5.21. The third-order valence-electron chi connectivity index (χ3n) is 3.53. The number of benzene rings is 2. The Balaban J connectivity index is 2.31. The molecule has 0 aliphatic carbocycles. The van der Waals surface area contributed by atoms with Gasteiger partial charge in [0, 0.05) is 10.6 Å². The van der Waals surface area contributed by atoms with Crippen molar-refractivity contribution in [2.45, 2.75) is 26.3 Å². The van der Waals surface area contributed by atoms with Gasteiger partial charge in [-0.3, -0.25) is 15.0 Å². The summed E-state index contributed by atoms with van der Waals surface area (Å²) in [5.41, 5.74) is 2.84. The number of ether oxygens (including phenoxy) is 1. The van der Waals surface area contributed by atoms with Crippen LogP contribution in [0.15, 0.2) is 48.5 Å². The molecule has 0 spiro atoms. The maximum atomic E-state index is 12.9. The third-order valence-corrected chi connectivity index (χ3v) is 3.78. The van der Waals surface area contributed by atoms with Gasteiger partial charge in [-0.2, -0.15) is 0 Å². The van der Waals surface area contributed by atoms with Crippen LogP contribution in [0.2, 0.25) is 5.02 Å². The molecule has 2 amide bonds. The summed E-state index contributed by atoms with van der Waals surface area (Å²) in [7, 11) is 1.49. The molecule has 0 aromatic heterocycles. The average molecular weight is 361 g/mol. The van der Waals surface area contributed by atoms with Gasteiger partial charge in [-0.15, -0.1) is 0 Å². The van der Waals surface area contributed by atoms with Gasteiger partial charge in [0.25, 0.3) is 11.8 Å². The van der Waals surface area contributed by atoms with Crippen molar-refractivity contribution < 1.29 is 14.3 Å². The zero-order chi connectivity index (χ0) is 18.6. The molecule has 132 valence electrons. The highest BCUT2D eigenvalue weighted by molar-refractivity contribution is 6.30. The van der Waals surface area contributed by atoms with E-state index in [1.165, 1.54) is 12.1 Å². The van der Waals surface area contributed by atoms with E-state index in [1.54, 1.807) is 48.5 Å². The number of nitrogens with one attached hydrogen (secondary N) is 1. The predicted molar refractivity (Wildman–Crippen MR) is 97.8 cm³/mol. The number of carbonyl (C=O) groups is 2. The minimum Gasteiger partial charge on any atom is -0.496 e. The van der Waals surface area contributed by atoms with E-state index in [4.69, 9.17) is 16.3 Å². The molecule has 0 fully saturated rings. The number of hydrogen-bond donors (Lipinski definition) is 1. The molecule has 25 heavy (non-hydrogen) atoms. The molecule has 0 unspecified atom stereocenters. The van der Waals surface area contributed by atoms with E-state index in [0.717, 1.165) is 0 Å². The van der Waals surface area contributed by atoms with Gasteiger partial charge in [0.15, 0.2) is 0 Å². The Bertz CT molecular complexity index is 767. The Morgan fingerprint density at radius 2 is 1.64 bits per heavy atom. The quantitative estimate of drug-likeness (QED) is 0.843. The van der Waals surface area contributed by atoms with Crippen LogP contribution in [-0.2, 0) is 0 Å². The first kappa shape index (κ1) is 18.8. The molecule has 2 aromatic rings. The highest BCUT2D eigenvalue weighted by atomic mass is 35.5. The highest BCUT2D eigenvalue weighted by Crippen LogP contribution is 2.20. The van der Waals surface area contributed by atoms with E-state index < -0.39 is 11.4 Å². The van der Waals surface area contributed by atoms with Crippen LogP contribution in [0.1, 0.15) is 41.5 Å². The van der Waals surface area contributed by atoms with Gasteiger partial charge in [-0.25, -0.2) is 5.01 Å². The smallest absolute Gasteiger partial charge is 0.273 e. The summed E-state index contributed by atoms with van der Waals surface area (Å²) in [6.07, 6.45) is 0. The molecular formula is C19H21ClN2O3. The van der Waals surface area contributed by atoms with Gasteiger partial charge < -0.3 is 4.74 Å². The molecule has 0 aliphatic heterocycles. The molecule has 0 bridgehead atoms. The lowest BCUT2D eigenvalue weighted by atomic mass is 10.1. The monoisotopic (exact) mass is 360 g/mol. The molecule has 1 N–H and O–H groups in total. The number of halogens is 1. The summed E-state index contributed by atoms with van der Waals surface area (Å²) in [4.78, 5) is 25.5. The van der Waals surface area contributed by atoms with Crippen LogP contribution in [0.4, 0.5) is 0 Å². The molecule has 0 saturated carbocycles. The van der Waals surface area contributed by atoms with Crippen molar-refractivity contribution in [2.75, 3.05) is 7.11 Å². The zero-order valence-corrected chi connectivity index (χ0v) is 15.4. The van der Waals surface area contributed by atoms with Crippen molar-refractivity contribution >= 4 is 23.4 Å². The molecule has 2 rings (SSSR count). The van der Waals surface area contributed by atoms with Crippen molar-refractivity contribution in [1.29, 1.82) is 0 Å². The Kier molecular flexibility index (Phi) is 5.69. The highest BCUT2D eigenvalue weighted by Gasteiger charge is 2.30. The standard InChI is InChI=1S/C19H21ClN2O3/c1-19(2,3)22(18(24)13-9-11-14(20)12-10-13)21-17(23)15-7-5-6-8-16(15)25-4/h5-12H,1-4H3,(H,21,23). The van der Waals surface area contributed by atoms with Gasteiger partial charge >= 0.3 is 0 Å². The molecule has 0 aliphatic rings. The van der Waals surface area contributed by atoms with E-state index >= 15 is 0 Å². The largest absolute Gasteiger partial charge is 0.496 e. The molecule has 2 aromatic carbocycles. The minimum atomic E-state index is -0.631. The number of nitrogens with zero attached hydrogens (tertiary/aromatic N) is 1. The van der Waals surface area contributed by atoms with E-state index in [1.807, 2.05) is 20.8 Å². The van der Waals surface area contributed by atoms with Crippen LogP contribution in [0.3, 0.4) is 0 Å². The van der Waals surface area contributed by atoms with Crippen molar-refractivity contribution in [2.24, 2.45) is 0 Å². The van der Waals surface area contributed by atoms with E-state index in [2.05, 4.69) is 5.43 Å². The Hall–Kier alpha value is -2.53. The topological polar surface area (TPSA) is 58.6 Å². The summed E-state index contributed by atoms with van der Waals surface area (Å²) >= 11 is 5.88. The Morgan fingerprint density at radius 1 is 1.04 bits per heavy atom. The SMILES string of the molecule is COc1ccccc1C(=O)NN(C(=O)c1ccc(Cl)cc1)C(C)(C)C. The first-order valence-electron chi connectivity index (χ1n) is 7.78. The van der Waals surface area contributed by atoms with Gasteiger partial charge in [0.05, 0.1) is 18.2 Å². The molecule has 5 nitrogen and oxygen atoms in total. The third kappa shape index (κ3) is 4.51. The minimum absolute atomic E-state index is 0.326. The second kappa shape index (κ2) is 7.57. The first-order chi connectivity index (χ1) is 11.7. The van der Waals surface area contributed by atoms with Crippen molar-refractivity contribution in [3.63, 3.8) is 0 Å². The number of para-hydroxylation sites is 1. The normalized spacial score (nSPS) is 10.9. The summed E-state index contributed by atoms with van der Waals surface area (Å²) in [5, 5.41) is 1.85. The fourth-order valence-corrected chi connectivity index (χ4v) is 2.36. The van der Waals surface area contributed by atoms with Gasteiger partial charge in [0.1, 0.15) is 5.75 Å². The number of methoxy groups -OCH3 is 1. The van der Waals surface area contributed by atoms with Crippen LogP contribution in [-0.4, -0.2) is 29.5 Å². The van der Waals surface area contributed by atoms with Crippen LogP contribution >= 0.6 is 11.6 Å². The average Bonchev–Trinajstić information content (AvgIpc) is 2.58. The van der Waals surface area contributed by atoms with Crippen LogP contribution < -0.4 is 10.2 Å². The van der Waals surface area contributed by atoms with E-state index in [9.17, 15) is 9.59 Å². The number of carbonyl (C=O) groups excluding carboxylic acids is 2. The van der Waals surface area contributed by atoms with Crippen LogP contribution in [0.5, 0.6) is 5.75 Å². The Labute approximate surface area is 152 Å². The molecule has 0 heterocycles. The molecule has 0 atom stereocenters. The maximum absolute atomic E-state index is 12.9. The second-order valence-electron chi connectivity index (χ2n) is 6.46. The van der Waals surface area contributed by atoms with E-state index in [-0.39, 0.29) is 5.91 Å². The fraction of sp³-hybridized carbons (Fsp3) is 0.263. The zero-order valence-electron chi connectivity index (χ0n) is 14.7. The molecular weight excluding hydrogens is 340 g/mol.